The van der Waals surface area contributed by atoms with Gasteiger partial charge in [-0.2, -0.15) is 4.98 Å². The number of hydrogen-bond acceptors (Lipinski definition) is 8. The Labute approximate surface area is 195 Å². The highest BCUT2D eigenvalue weighted by Crippen LogP contribution is 2.30. The minimum absolute atomic E-state index is 0.166. The molecule has 33 heavy (non-hydrogen) atoms. The van der Waals surface area contributed by atoms with E-state index in [-0.39, 0.29) is 35.0 Å². The summed E-state index contributed by atoms with van der Waals surface area (Å²) in [6.45, 7) is 10.5. The van der Waals surface area contributed by atoms with Gasteiger partial charge in [0, 0.05) is 37.0 Å². The van der Waals surface area contributed by atoms with Crippen LogP contribution in [-0.2, 0) is 4.79 Å². The molecular weight excluding hydrogens is 443 g/mol. The van der Waals surface area contributed by atoms with Crippen LogP contribution >= 0.6 is 11.3 Å². The van der Waals surface area contributed by atoms with E-state index in [1.165, 1.54) is 17.4 Å². The van der Waals surface area contributed by atoms with E-state index in [0.29, 0.717) is 41.1 Å². The fourth-order valence-corrected chi connectivity index (χ4v) is 4.50. The summed E-state index contributed by atoms with van der Waals surface area (Å²) in [4.78, 5) is 44.6. The van der Waals surface area contributed by atoms with E-state index < -0.39 is 5.82 Å². The molecular formula is C23H27FN6O2S. The molecule has 1 saturated heterocycles. The molecule has 1 unspecified atom stereocenters. The van der Waals surface area contributed by atoms with Gasteiger partial charge in [0.1, 0.15) is 16.3 Å². The predicted octanol–water partition coefficient (Wildman–Crippen LogP) is 4.18. The molecule has 1 atom stereocenters. The highest BCUT2D eigenvalue weighted by atomic mass is 32.1. The average Bonchev–Trinajstić information content (AvgIpc) is 3.08. The van der Waals surface area contributed by atoms with E-state index in [2.05, 4.69) is 25.3 Å². The van der Waals surface area contributed by atoms with E-state index in [4.69, 9.17) is 0 Å². The first-order valence-corrected chi connectivity index (χ1v) is 11.7. The summed E-state index contributed by atoms with van der Waals surface area (Å²) < 4.78 is 14.2. The minimum Gasteiger partial charge on any atom is -0.348 e. The van der Waals surface area contributed by atoms with Gasteiger partial charge in [-0.1, -0.05) is 20.8 Å². The third-order valence-corrected chi connectivity index (χ3v) is 6.66. The second kappa shape index (κ2) is 8.74. The van der Waals surface area contributed by atoms with Gasteiger partial charge in [0.15, 0.2) is 11.3 Å². The van der Waals surface area contributed by atoms with Crippen LogP contribution < -0.4 is 5.32 Å². The Hall–Kier alpha value is -3.01. The number of nitrogens with one attached hydrogen (secondary N) is 1. The molecule has 0 spiro atoms. The van der Waals surface area contributed by atoms with E-state index in [1.54, 1.807) is 11.1 Å². The van der Waals surface area contributed by atoms with Crippen LogP contribution in [0.3, 0.4) is 0 Å². The number of aryl methyl sites for hydroxylation is 1. The zero-order valence-corrected chi connectivity index (χ0v) is 20.2. The van der Waals surface area contributed by atoms with Gasteiger partial charge in [0.2, 0.25) is 5.95 Å². The molecule has 4 heterocycles. The summed E-state index contributed by atoms with van der Waals surface area (Å²) in [7, 11) is 0. The summed E-state index contributed by atoms with van der Waals surface area (Å²) >= 11 is 1.37. The molecule has 0 aromatic carbocycles. The number of amides is 1. The van der Waals surface area contributed by atoms with Gasteiger partial charge in [0.25, 0.3) is 5.91 Å². The smallest absolute Gasteiger partial charge is 0.274 e. The van der Waals surface area contributed by atoms with Crippen molar-refractivity contribution in [3.8, 4) is 0 Å². The fraction of sp³-hybridized carbons (Fsp3) is 0.478. The van der Waals surface area contributed by atoms with Gasteiger partial charge in [-0.15, -0.1) is 11.3 Å². The van der Waals surface area contributed by atoms with Crippen molar-refractivity contribution < 1.29 is 14.0 Å². The zero-order chi connectivity index (χ0) is 23.9. The van der Waals surface area contributed by atoms with Crippen molar-refractivity contribution in [2.75, 3.05) is 18.4 Å². The molecule has 174 valence electrons. The van der Waals surface area contributed by atoms with Crippen LogP contribution in [0.25, 0.3) is 10.3 Å². The van der Waals surface area contributed by atoms with Crippen LogP contribution in [0.1, 0.15) is 61.2 Å². The van der Waals surface area contributed by atoms with Crippen LogP contribution in [0.4, 0.5) is 10.3 Å². The van der Waals surface area contributed by atoms with Crippen molar-refractivity contribution >= 4 is 39.3 Å². The molecule has 1 aliphatic heterocycles. The lowest BCUT2D eigenvalue weighted by Gasteiger charge is -2.39. The predicted molar refractivity (Wildman–Crippen MR) is 125 cm³/mol. The maximum Gasteiger partial charge on any atom is 0.274 e. The molecule has 8 nitrogen and oxygen atoms in total. The SMILES string of the molecule is Cc1nc2nc(NC(C)c3cncc(F)c3)nc(C(=O)N3CC(CC(=O)C(C)(C)C)C3)c2s1. The Kier molecular flexibility index (Phi) is 6.13. The first-order chi connectivity index (χ1) is 15.5. The molecule has 0 bridgehead atoms. The van der Waals surface area contributed by atoms with Gasteiger partial charge in [-0.25, -0.2) is 14.4 Å². The summed E-state index contributed by atoms with van der Waals surface area (Å²) in [5, 5.41) is 3.91. The topological polar surface area (TPSA) is 101 Å². The average molecular weight is 471 g/mol. The fourth-order valence-electron chi connectivity index (χ4n) is 3.66. The van der Waals surface area contributed by atoms with E-state index in [1.807, 2.05) is 34.6 Å². The van der Waals surface area contributed by atoms with Gasteiger partial charge in [-0.05, 0) is 25.5 Å². The number of rotatable bonds is 6. The molecule has 4 rings (SSSR count). The highest BCUT2D eigenvalue weighted by molar-refractivity contribution is 7.18. The first kappa shape index (κ1) is 23.2. The van der Waals surface area contributed by atoms with Crippen LogP contribution in [-0.4, -0.2) is 49.6 Å². The maximum absolute atomic E-state index is 13.6. The third kappa shape index (κ3) is 5.00. The number of carbonyl (C=O) groups excluding carboxylic acids is 2. The van der Waals surface area contributed by atoms with E-state index in [9.17, 15) is 14.0 Å². The van der Waals surface area contributed by atoms with Crippen LogP contribution in [0, 0.1) is 24.1 Å². The molecule has 1 aliphatic rings. The number of thiazole rings is 1. The highest BCUT2D eigenvalue weighted by Gasteiger charge is 2.36. The molecule has 1 amide bonds. The Morgan fingerprint density at radius 3 is 2.64 bits per heavy atom. The number of nitrogens with zero attached hydrogens (tertiary/aromatic N) is 5. The van der Waals surface area contributed by atoms with Gasteiger partial charge < -0.3 is 10.2 Å². The number of Topliss-reactive ketones (excluding diaryl/α,β-unsaturated/α-hetero) is 1. The zero-order valence-electron chi connectivity index (χ0n) is 19.3. The number of fused-ring (bicyclic) bond motifs is 1. The molecule has 3 aromatic heterocycles. The van der Waals surface area contributed by atoms with E-state index in [0.717, 1.165) is 11.2 Å². The first-order valence-electron chi connectivity index (χ1n) is 10.9. The lowest BCUT2D eigenvalue weighted by atomic mass is 9.83. The number of hydrogen-bond donors (Lipinski definition) is 1. The molecule has 1 fully saturated rings. The van der Waals surface area contributed by atoms with Crippen molar-refractivity contribution in [3.05, 3.63) is 40.5 Å². The maximum atomic E-state index is 13.6. The monoisotopic (exact) mass is 470 g/mol. The summed E-state index contributed by atoms with van der Waals surface area (Å²) in [5.41, 5.74) is 0.994. The van der Waals surface area contributed by atoms with Crippen molar-refractivity contribution in [3.63, 3.8) is 0 Å². The quantitative estimate of drug-likeness (QED) is 0.577. The Morgan fingerprint density at radius 1 is 1.24 bits per heavy atom. The second-order valence-electron chi connectivity index (χ2n) is 9.54. The number of carbonyl (C=O) groups is 2. The molecule has 0 radical (unpaired) electrons. The summed E-state index contributed by atoms with van der Waals surface area (Å²) in [6, 6.07) is 1.06. The van der Waals surface area contributed by atoms with Crippen LogP contribution in [0.5, 0.6) is 0 Å². The lowest BCUT2D eigenvalue weighted by Crippen LogP contribution is -2.51. The number of likely N-dealkylation sites (tertiary alicyclic amines) is 1. The molecule has 1 N–H and O–H groups in total. The van der Waals surface area contributed by atoms with Gasteiger partial charge in [-0.3, -0.25) is 14.6 Å². The number of aromatic nitrogens is 4. The minimum atomic E-state index is -0.430. The van der Waals surface area contributed by atoms with Crippen molar-refractivity contribution in [2.45, 2.75) is 47.1 Å². The number of pyridine rings is 1. The van der Waals surface area contributed by atoms with Crippen LogP contribution in [0.2, 0.25) is 0 Å². The molecule has 0 aliphatic carbocycles. The lowest BCUT2D eigenvalue weighted by molar-refractivity contribution is -0.128. The summed E-state index contributed by atoms with van der Waals surface area (Å²) in [6.07, 6.45) is 3.18. The van der Waals surface area contributed by atoms with Crippen molar-refractivity contribution in [1.29, 1.82) is 0 Å². The van der Waals surface area contributed by atoms with Crippen LogP contribution in [0.15, 0.2) is 18.5 Å². The number of anilines is 1. The standard InChI is InChI=1S/C23H27FN6O2S/c1-12(15-7-16(24)9-25-8-15)26-22-28-18(19-20(29-22)27-13(2)33-19)21(32)30-10-14(11-30)6-17(31)23(3,4)5/h7-9,12,14H,6,10-11H2,1-5H3,(H,26,28,29). The number of halogens is 1. The van der Waals surface area contributed by atoms with E-state index >= 15 is 0 Å². The van der Waals surface area contributed by atoms with Crippen molar-refractivity contribution in [1.82, 2.24) is 24.8 Å². The van der Waals surface area contributed by atoms with Gasteiger partial charge in [0.05, 0.1) is 17.2 Å². The Bertz CT molecular complexity index is 1220. The summed E-state index contributed by atoms with van der Waals surface area (Å²) in [5.74, 6) is -0.0176. The Morgan fingerprint density at radius 2 is 1.97 bits per heavy atom. The third-order valence-electron chi connectivity index (χ3n) is 5.69. The number of ketones is 1. The second-order valence-corrected chi connectivity index (χ2v) is 10.7. The van der Waals surface area contributed by atoms with Crippen molar-refractivity contribution in [2.24, 2.45) is 11.3 Å². The van der Waals surface area contributed by atoms with Gasteiger partial charge >= 0.3 is 0 Å². The largest absolute Gasteiger partial charge is 0.348 e. The Balaban J connectivity index is 1.54. The molecule has 0 saturated carbocycles. The molecule has 3 aromatic rings. The molecule has 10 heteroatoms. The normalized spacial score (nSPS) is 15.4.